The molecule has 2 aromatic rings. The molecule has 0 heterocycles. The summed E-state index contributed by atoms with van der Waals surface area (Å²) in [6.07, 6.45) is 0. The monoisotopic (exact) mass is 434 g/mol. The van der Waals surface area contributed by atoms with Gasteiger partial charge in [0.1, 0.15) is 11.4 Å². The summed E-state index contributed by atoms with van der Waals surface area (Å²) in [5.41, 5.74) is -0.136. The normalized spacial score (nSPS) is 10.0. The molecule has 0 radical (unpaired) electrons. The van der Waals surface area contributed by atoms with E-state index < -0.39 is 23.3 Å². The summed E-state index contributed by atoms with van der Waals surface area (Å²) in [5, 5.41) is 11.2. The lowest BCUT2D eigenvalue weighted by Gasteiger charge is -2.17. The number of carbonyl (C=O) groups is 3. The van der Waals surface area contributed by atoms with Crippen molar-refractivity contribution in [3.63, 3.8) is 0 Å². The number of anilines is 1. The molecule has 3 amide bonds. The van der Waals surface area contributed by atoms with Gasteiger partial charge in [-0.2, -0.15) is 5.26 Å². The van der Waals surface area contributed by atoms with Crippen LogP contribution in [0, 0.1) is 17.1 Å². The second-order valence-electron chi connectivity index (χ2n) is 6.71. The molecular weight excluding hydrogens is 415 g/mol. The maximum absolute atomic E-state index is 13.6. The molecule has 2 aromatic carbocycles. The van der Waals surface area contributed by atoms with Crippen LogP contribution in [0.2, 0.25) is 5.02 Å². The fraction of sp³-hybridized carbons (Fsp3) is 0.200. The van der Waals surface area contributed by atoms with Crippen molar-refractivity contribution < 1.29 is 23.5 Å². The van der Waals surface area contributed by atoms with Gasteiger partial charge in [-0.05, 0) is 57.2 Å². The van der Waals surface area contributed by atoms with Gasteiger partial charge in [-0.1, -0.05) is 17.7 Å². The van der Waals surface area contributed by atoms with Crippen LogP contribution in [0.3, 0.4) is 0 Å². The van der Waals surface area contributed by atoms with Crippen molar-refractivity contribution in [2.24, 2.45) is 5.84 Å². The Hall–Kier alpha value is -3.48. The number of nitrogens with one attached hydrogen (secondary N) is 1. The first-order valence-electron chi connectivity index (χ1n) is 8.46. The van der Waals surface area contributed by atoms with E-state index in [-0.39, 0.29) is 16.3 Å². The lowest BCUT2D eigenvalue weighted by molar-refractivity contribution is -0.138. The molecule has 30 heavy (non-hydrogen) atoms. The number of ether oxygens (including phenoxy) is 1. The van der Waals surface area contributed by atoms with Crippen LogP contribution in [0.25, 0.3) is 0 Å². The number of urea groups is 1. The quantitative estimate of drug-likeness (QED) is 0.329. The molecule has 8 nitrogen and oxygen atoms in total. The highest BCUT2D eigenvalue weighted by molar-refractivity contribution is 6.34. The zero-order valence-corrected chi connectivity index (χ0v) is 17.2. The molecule has 0 aromatic heterocycles. The van der Waals surface area contributed by atoms with Gasteiger partial charge in [0, 0.05) is 0 Å². The third-order valence-electron chi connectivity index (χ3n) is 3.31. The van der Waals surface area contributed by atoms with Crippen LogP contribution < -0.4 is 16.2 Å². The molecule has 0 saturated heterocycles. The molecule has 0 saturated carbocycles. The SMILES string of the molecule is CC(C)(C)OC=O.N#Cc1ccc(N(N)C(=O)NC(=O)c2c(F)cccc2Cl)cc1. The molecule has 0 atom stereocenters. The Balaban J connectivity index is 0.000000553. The van der Waals surface area contributed by atoms with Crippen molar-refractivity contribution >= 4 is 35.7 Å². The number of nitriles is 1. The van der Waals surface area contributed by atoms with Gasteiger partial charge in [0.25, 0.3) is 12.4 Å². The molecule has 0 spiro atoms. The van der Waals surface area contributed by atoms with Crippen molar-refractivity contribution in [2.45, 2.75) is 26.4 Å². The van der Waals surface area contributed by atoms with Gasteiger partial charge in [0.2, 0.25) is 0 Å². The zero-order valence-electron chi connectivity index (χ0n) is 16.5. The average Bonchev–Trinajstić information content (AvgIpc) is 2.67. The Morgan fingerprint density at radius 1 is 1.23 bits per heavy atom. The molecular formula is C20H20ClFN4O4. The molecule has 3 N–H and O–H groups in total. The van der Waals surface area contributed by atoms with E-state index in [1.165, 1.54) is 36.4 Å². The van der Waals surface area contributed by atoms with E-state index in [1.807, 2.05) is 32.2 Å². The Morgan fingerprint density at radius 3 is 2.27 bits per heavy atom. The van der Waals surface area contributed by atoms with Gasteiger partial charge in [0.05, 0.1) is 27.9 Å². The number of hydrogen-bond acceptors (Lipinski definition) is 6. The van der Waals surface area contributed by atoms with Crippen LogP contribution in [0.5, 0.6) is 0 Å². The van der Waals surface area contributed by atoms with Crippen LogP contribution in [0.15, 0.2) is 42.5 Å². The summed E-state index contributed by atoms with van der Waals surface area (Å²) in [4.78, 5) is 33.5. The van der Waals surface area contributed by atoms with Gasteiger partial charge in [0.15, 0.2) is 0 Å². The lowest BCUT2D eigenvalue weighted by Crippen LogP contribution is -2.47. The van der Waals surface area contributed by atoms with E-state index in [0.29, 0.717) is 17.0 Å². The topological polar surface area (TPSA) is 126 Å². The number of rotatable bonds is 3. The van der Waals surface area contributed by atoms with Crippen LogP contribution in [-0.2, 0) is 9.53 Å². The van der Waals surface area contributed by atoms with Crippen LogP contribution in [0.4, 0.5) is 14.9 Å². The van der Waals surface area contributed by atoms with Crippen molar-refractivity contribution in [2.75, 3.05) is 5.01 Å². The molecule has 0 aliphatic heterocycles. The fourth-order valence-electron chi connectivity index (χ4n) is 1.89. The highest BCUT2D eigenvalue weighted by Gasteiger charge is 2.21. The van der Waals surface area contributed by atoms with Crippen molar-refractivity contribution in [3.05, 3.63) is 64.4 Å². The summed E-state index contributed by atoms with van der Waals surface area (Å²) < 4.78 is 18.2. The standard InChI is InChI=1S/C15H10ClFN4O2.C5H10O2/c16-11-2-1-3-12(17)13(11)14(22)20-15(23)21(19)10-6-4-9(8-18)5-7-10;1-5(2,3)7-4-6/h1-7H,19H2,(H,20,22,23);4H,1-3H3. The van der Waals surface area contributed by atoms with Gasteiger partial charge in [-0.25, -0.2) is 20.0 Å². The van der Waals surface area contributed by atoms with Gasteiger partial charge < -0.3 is 4.74 Å². The summed E-state index contributed by atoms with van der Waals surface area (Å²) in [6.45, 7) is 5.92. The summed E-state index contributed by atoms with van der Waals surface area (Å²) >= 11 is 5.75. The van der Waals surface area contributed by atoms with E-state index in [1.54, 1.807) is 0 Å². The zero-order chi connectivity index (χ0) is 22.9. The minimum atomic E-state index is -1.01. The first-order chi connectivity index (χ1) is 14.0. The van der Waals surface area contributed by atoms with Gasteiger partial charge in [-0.15, -0.1) is 0 Å². The van der Waals surface area contributed by atoms with E-state index in [0.717, 1.165) is 6.07 Å². The maximum atomic E-state index is 13.6. The second kappa shape index (κ2) is 10.9. The number of hydrazine groups is 1. The van der Waals surface area contributed by atoms with E-state index in [4.69, 9.17) is 22.7 Å². The molecule has 158 valence electrons. The minimum absolute atomic E-state index is 0.128. The largest absolute Gasteiger partial charge is 0.462 e. The smallest absolute Gasteiger partial charge is 0.343 e. The van der Waals surface area contributed by atoms with Crippen molar-refractivity contribution in [1.82, 2.24) is 5.32 Å². The number of halogens is 2. The Labute approximate surface area is 177 Å². The number of amides is 3. The van der Waals surface area contributed by atoms with Gasteiger partial charge in [-0.3, -0.25) is 14.9 Å². The number of nitrogens with zero attached hydrogens (tertiary/aromatic N) is 2. The third-order valence-corrected chi connectivity index (χ3v) is 3.62. The minimum Gasteiger partial charge on any atom is -0.462 e. The molecule has 0 aliphatic carbocycles. The summed E-state index contributed by atoms with van der Waals surface area (Å²) in [6, 6.07) is 10.4. The number of imide groups is 1. The summed E-state index contributed by atoms with van der Waals surface area (Å²) in [7, 11) is 0. The molecule has 0 bridgehead atoms. The second-order valence-corrected chi connectivity index (χ2v) is 7.12. The number of hydrogen-bond donors (Lipinski definition) is 2. The lowest BCUT2D eigenvalue weighted by atomic mass is 10.2. The van der Waals surface area contributed by atoms with E-state index in [9.17, 15) is 18.8 Å². The van der Waals surface area contributed by atoms with E-state index >= 15 is 0 Å². The highest BCUT2D eigenvalue weighted by atomic mass is 35.5. The fourth-order valence-corrected chi connectivity index (χ4v) is 2.14. The average molecular weight is 435 g/mol. The predicted molar refractivity (Wildman–Crippen MR) is 109 cm³/mol. The highest BCUT2D eigenvalue weighted by Crippen LogP contribution is 2.19. The van der Waals surface area contributed by atoms with Crippen molar-refractivity contribution in [3.8, 4) is 6.07 Å². The summed E-state index contributed by atoms with van der Waals surface area (Å²) in [5.74, 6) is 3.72. The number of benzene rings is 2. The van der Waals surface area contributed by atoms with Crippen LogP contribution in [-0.4, -0.2) is 24.0 Å². The molecule has 0 unspecified atom stereocenters. The Morgan fingerprint density at radius 2 is 1.83 bits per heavy atom. The third kappa shape index (κ3) is 7.50. The molecule has 0 aliphatic rings. The number of carbonyl (C=O) groups excluding carboxylic acids is 3. The molecule has 10 heteroatoms. The van der Waals surface area contributed by atoms with Gasteiger partial charge >= 0.3 is 6.03 Å². The maximum Gasteiger partial charge on any atom is 0.343 e. The first kappa shape index (κ1) is 24.6. The Kier molecular flexibility index (Phi) is 8.92. The molecule has 2 rings (SSSR count). The molecule has 0 fully saturated rings. The Bertz CT molecular complexity index is 933. The van der Waals surface area contributed by atoms with Crippen LogP contribution in [0.1, 0.15) is 36.7 Å². The number of nitrogens with two attached hydrogens (primary N) is 1. The van der Waals surface area contributed by atoms with Crippen LogP contribution >= 0.6 is 11.6 Å². The predicted octanol–water partition coefficient (Wildman–Crippen LogP) is 3.54. The van der Waals surface area contributed by atoms with Crippen molar-refractivity contribution in [1.29, 1.82) is 5.26 Å². The first-order valence-corrected chi connectivity index (χ1v) is 8.83. The van der Waals surface area contributed by atoms with E-state index in [2.05, 4.69) is 4.74 Å².